The molecule has 0 fully saturated rings. The molecule has 0 bridgehead atoms. The summed E-state index contributed by atoms with van der Waals surface area (Å²) in [6, 6.07) is 5.98. The highest BCUT2D eigenvalue weighted by atomic mass is 35.5. The molecule has 1 aromatic heterocycles. The summed E-state index contributed by atoms with van der Waals surface area (Å²) in [5.41, 5.74) is 2.15. The molecule has 1 aromatic carbocycles. The van der Waals surface area contributed by atoms with Crippen LogP contribution in [0.4, 0.5) is 0 Å². The number of hydrogen-bond donors (Lipinski definition) is 1. The molecule has 0 saturated heterocycles. The summed E-state index contributed by atoms with van der Waals surface area (Å²) in [4.78, 5) is 4.08. The maximum atomic E-state index is 6.16. The lowest BCUT2D eigenvalue weighted by Gasteiger charge is -2.03. The highest BCUT2D eigenvalue weighted by Crippen LogP contribution is 2.23. The van der Waals surface area contributed by atoms with Gasteiger partial charge in [-0.25, -0.2) is 4.98 Å². The number of aromatic nitrogens is 3. The third-order valence-electron chi connectivity index (χ3n) is 2.26. The summed E-state index contributed by atoms with van der Waals surface area (Å²) in [5, 5.41) is 7.42. The quantitative estimate of drug-likeness (QED) is 0.866. The number of benzene rings is 1. The highest BCUT2D eigenvalue weighted by Gasteiger charge is 2.04. The van der Waals surface area contributed by atoms with E-state index in [4.69, 9.17) is 11.6 Å². The Labute approximate surface area is 93.5 Å². The fourth-order valence-corrected chi connectivity index (χ4v) is 1.79. The van der Waals surface area contributed by atoms with Crippen LogP contribution in [-0.4, -0.2) is 15.2 Å². The molecule has 2 aromatic rings. The smallest absolute Gasteiger partial charge is 0.155 e. The molecule has 0 aliphatic carbocycles. The van der Waals surface area contributed by atoms with Gasteiger partial charge in [0.05, 0.1) is 0 Å². The standard InChI is InChI=1S/C11H12ClN3/c1-2-3-8-4-5-9(6-10(8)12)11-13-7-14-15-11/h4-7H,2-3H2,1H3,(H,13,14,15). The summed E-state index contributed by atoms with van der Waals surface area (Å²) in [6.45, 7) is 2.14. The molecule has 78 valence electrons. The van der Waals surface area contributed by atoms with Crippen LogP contribution >= 0.6 is 11.6 Å². The molecular formula is C11H12ClN3. The van der Waals surface area contributed by atoms with Crippen molar-refractivity contribution in [3.8, 4) is 11.4 Å². The van der Waals surface area contributed by atoms with Crippen LogP contribution in [0.2, 0.25) is 5.02 Å². The fraction of sp³-hybridized carbons (Fsp3) is 0.273. The Morgan fingerprint density at radius 2 is 2.27 bits per heavy atom. The van der Waals surface area contributed by atoms with Crippen molar-refractivity contribution in [1.29, 1.82) is 0 Å². The Balaban J connectivity index is 2.33. The first kappa shape index (κ1) is 10.2. The van der Waals surface area contributed by atoms with E-state index in [-0.39, 0.29) is 0 Å². The summed E-state index contributed by atoms with van der Waals surface area (Å²) >= 11 is 6.16. The first-order valence-corrected chi connectivity index (χ1v) is 5.33. The van der Waals surface area contributed by atoms with E-state index in [0.29, 0.717) is 0 Å². The number of aromatic amines is 1. The van der Waals surface area contributed by atoms with E-state index in [0.717, 1.165) is 29.3 Å². The summed E-state index contributed by atoms with van der Waals surface area (Å²) in [7, 11) is 0. The zero-order chi connectivity index (χ0) is 10.7. The van der Waals surface area contributed by atoms with Gasteiger partial charge in [-0.3, -0.25) is 5.10 Å². The number of hydrogen-bond acceptors (Lipinski definition) is 2. The Bertz CT molecular complexity index is 437. The molecule has 0 saturated carbocycles. The Hall–Kier alpha value is -1.35. The van der Waals surface area contributed by atoms with Crippen LogP contribution in [0.3, 0.4) is 0 Å². The van der Waals surface area contributed by atoms with Crippen molar-refractivity contribution < 1.29 is 0 Å². The zero-order valence-corrected chi connectivity index (χ0v) is 9.25. The predicted octanol–water partition coefficient (Wildman–Crippen LogP) is 3.08. The van der Waals surface area contributed by atoms with Crippen LogP contribution in [0, 0.1) is 0 Å². The molecule has 0 radical (unpaired) electrons. The Kier molecular flexibility index (Phi) is 3.02. The lowest BCUT2D eigenvalue weighted by atomic mass is 10.1. The highest BCUT2D eigenvalue weighted by molar-refractivity contribution is 6.31. The van der Waals surface area contributed by atoms with E-state index in [1.807, 2.05) is 18.2 Å². The summed E-state index contributed by atoms with van der Waals surface area (Å²) < 4.78 is 0. The second-order valence-corrected chi connectivity index (χ2v) is 3.80. The van der Waals surface area contributed by atoms with Crippen LogP contribution in [-0.2, 0) is 6.42 Å². The molecule has 0 spiro atoms. The lowest BCUT2D eigenvalue weighted by Crippen LogP contribution is -1.87. The van der Waals surface area contributed by atoms with E-state index in [9.17, 15) is 0 Å². The number of rotatable bonds is 3. The minimum Gasteiger partial charge on any atom is -0.259 e. The SMILES string of the molecule is CCCc1ccc(-c2ncn[nH]2)cc1Cl. The molecule has 4 heteroatoms. The van der Waals surface area contributed by atoms with Crippen molar-refractivity contribution in [1.82, 2.24) is 15.2 Å². The van der Waals surface area contributed by atoms with E-state index in [1.165, 1.54) is 11.9 Å². The molecule has 0 aliphatic rings. The van der Waals surface area contributed by atoms with Gasteiger partial charge in [0, 0.05) is 10.6 Å². The van der Waals surface area contributed by atoms with Crippen LogP contribution in [0.15, 0.2) is 24.5 Å². The van der Waals surface area contributed by atoms with Gasteiger partial charge in [-0.2, -0.15) is 5.10 Å². The maximum absolute atomic E-state index is 6.16. The third-order valence-corrected chi connectivity index (χ3v) is 2.61. The van der Waals surface area contributed by atoms with Gasteiger partial charge in [0.15, 0.2) is 5.82 Å². The normalized spacial score (nSPS) is 10.5. The van der Waals surface area contributed by atoms with Gasteiger partial charge in [-0.15, -0.1) is 0 Å². The first-order valence-electron chi connectivity index (χ1n) is 4.95. The van der Waals surface area contributed by atoms with Gasteiger partial charge >= 0.3 is 0 Å². The topological polar surface area (TPSA) is 41.6 Å². The van der Waals surface area contributed by atoms with Crippen molar-refractivity contribution in [3.63, 3.8) is 0 Å². The van der Waals surface area contributed by atoms with E-state index in [2.05, 4.69) is 22.1 Å². The number of aryl methyl sites for hydroxylation is 1. The Morgan fingerprint density at radius 3 is 2.87 bits per heavy atom. The second kappa shape index (κ2) is 4.45. The van der Waals surface area contributed by atoms with Crippen LogP contribution in [0.25, 0.3) is 11.4 Å². The van der Waals surface area contributed by atoms with Crippen molar-refractivity contribution >= 4 is 11.6 Å². The van der Waals surface area contributed by atoms with Crippen LogP contribution in [0.5, 0.6) is 0 Å². The van der Waals surface area contributed by atoms with Gasteiger partial charge in [0.2, 0.25) is 0 Å². The van der Waals surface area contributed by atoms with Crippen molar-refractivity contribution in [2.45, 2.75) is 19.8 Å². The van der Waals surface area contributed by atoms with Gasteiger partial charge in [-0.05, 0) is 18.1 Å². The maximum Gasteiger partial charge on any atom is 0.155 e. The van der Waals surface area contributed by atoms with Gasteiger partial charge in [-0.1, -0.05) is 37.1 Å². The number of H-pyrrole nitrogens is 1. The number of halogens is 1. The second-order valence-electron chi connectivity index (χ2n) is 3.39. The lowest BCUT2D eigenvalue weighted by molar-refractivity contribution is 0.922. The molecule has 15 heavy (non-hydrogen) atoms. The van der Waals surface area contributed by atoms with Gasteiger partial charge in [0.25, 0.3) is 0 Å². The molecule has 0 unspecified atom stereocenters. The molecule has 1 N–H and O–H groups in total. The van der Waals surface area contributed by atoms with Gasteiger partial charge in [0.1, 0.15) is 6.33 Å². The zero-order valence-electron chi connectivity index (χ0n) is 8.50. The molecule has 0 amide bonds. The average molecular weight is 222 g/mol. The summed E-state index contributed by atoms with van der Waals surface area (Å²) in [5.74, 6) is 0.750. The van der Waals surface area contributed by atoms with Crippen LogP contribution in [0.1, 0.15) is 18.9 Å². The number of nitrogens with zero attached hydrogens (tertiary/aromatic N) is 2. The Morgan fingerprint density at radius 1 is 1.40 bits per heavy atom. The van der Waals surface area contributed by atoms with Crippen LogP contribution < -0.4 is 0 Å². The molecule has 1 heterocycles. The average Bonchev–Trinajstić information content (AvgIpc) is 2.74. The minimum atomic E-state index is 0.750. The van der Waals surface area contributed by atoms with E-state index in [1.54, 1.807) is 0 Å². The summed E-state index contributed by atoms with van der Waals surface area (Å²) in [6.07, 6.45) is 3.60. The molecule has 3 nitrogen and oxygen atoms in total. The van der Waals surface area contributed by atoms with Crippen molar-refractivity contribution in [2.75, 3.05) is 0 Å². The first-order chi connectivity index (χ1) is 7.31. The monoisotopic (exact) mass is 221 g/mol. The van der Waals surface area contributed by atoms with Crippen molar-refractivity contribution in [3.05, 3.63) is 35.1 Å². The third kappa shape index (κ3) is 2.18. The van der Waals surface area contributed by atoms with Gasteiger partial charge < -0.3 is 0 Å². The number of nitrogens with one attached hydrogen (secondary N) is 1. The van der Waals surface area contributed by atoms with Crippen molar-refractivity contribution in [2.24, 2.45) is 0 Å². The van der Waals surface area contributed by atoms with E-state index < -0.39 is 0 Å². The molecule has 0 aliphatic heterocycles. The van der Waals surface area contributed by atoms with E-state index >= 15 is 0 Å². The predicted molar refractivity (Wildman–Crippen MR) is 60.8 cm³/mol. The largest absolute Gasteiger partial charge is 0.259 e. The fourth-order valence-electron chi connectivity index (χ4n) is 1.51. The molecular weight excluding hydrogens is 210 g/mol. The minimum absolute atomic E-state index is 0.750. The molecule has 2 rings (SSSR count). The molecule has 0 atom stereocenters.